The predicted octanol–water partition coefficient (Wildman–Crippen LogP) is 4.49. The molecule has 26 heavy (non-hydrogen) atoms. The van der Waals surface area contributed by atoms with Gasteiger partial charge in [-0.2, -0.15) is 5.26 Å². The van der Waals surface area contributed by atoms with E-state index in [2.05, 4.69) is 41.3 Å². The molecule has 0 radical (unpaired) electrons. The maximum atomic E-state index is 13.1. The summed E-state index contributed by atoms with van der Waals surface area (Å²) in [6.07, 6.45) is 4.32. The smallest absolute Gasteiger partial charge is 0.166 e. The first kappa shape index (κ1) is 17.0. The summed E-state index contributed by atoms with van der Waals surface area (Å²) in [6, 6.07) is 19.2. The summed E-state index contributed by atoms with van der Waals surface area (Å²) in [7, 11) is 0. The van der Waals surface area contributed by atoms with Crippen molar-refractivity contribution >= 4 is 5.78 Å². The molecule has 2 fully saturated rings. The standard InChI is InChI=1S/C23H24N2O/c1-16-11-18(14-24)7-10-22(16)23(26)19-12-20-8-9-21(13-19)25(20)15-17-5-3-2-4-6-17/h2-7,10-11,19-21H,8-9,12-13,15H2,1H3. The molecule has 0 N–H and O–H groups in total. The van der Waals surface area contributed by atoms with E-state index in [-0.39, 0.29) is 11.7 Å². The Balaban J connectivity index is 1.48. The van der Waals surface area contributed by atoms with Gasteiger partial charge in [0.1, 0.15) is 0 Å². The summed E-state index contributed by atoms with van der Waals surface area (Å²) < 4.78 is 0. The summed E-state index contributed by atoms with van der Waals surface area (Å²) in [5.74, 6) is 0.384. The average Bonchev–Trinajstić information content (AvgIpc) is 2.89. The van der Waals surface area contributed by atoms with Gasteiger partial charge in [0.05, 0.1) is 11.6 Å². The van der Waals surface area contributed by atoms with Crippen LogP contribution in [0.2, 0.25) is 0 Å². The molecule has 2 heterocycles. The molecule has 132 valence electrons. The fourth-order valence-corrected chi connectivity index (χ4v) is 4.77. The summed E-state index contributed by atoms with van der Waals surface area (Å²) in [4.78, 5) is 15.7. The van der Waals surface area contributed by atoms with Gasteiger partial charge >= 0.3 is 0 Å². The van der Waals surface area contributed by atoms with E-state index < -0.39 is 0 Å². The van der Waals surface area contributed by atoms with Gasteiger partial charge in [0.2, 0.25) is 0 Å². The van der Waals surface area contributed by atoms with Gasteiger partial charge < -0.3 is 0 Å². The number of aryl methyl sites for hydroxylation is 1. The Morgan fingerprint density at radius 2 is 1.81 bits per heavy atom. The van der Waals surface area contributed by atoms with Gasteiger partial charge in [-0.1, -0.05) is 30.3 Å². The first-order valence-corrected chi connectivity index (χ1v) is 9.50. The van der Waals surface area contributed by atoms with E-state index in [0.717, 1.165) is 30.5 Å². The number of carbonyl (C=O) groups is 1. The first-order valence-electron chi connectivity index (χ1n) is 9.50. The number of hydrogen-bond acceptors (Lipinski definition) is 3. The predicted molar refractivity (Wildman–Crippen MR) is 102 cm³/mol. The Morgan fingerprint density at radius 3 is 2.42 bits per heavy atom. The van der Waals surface area contributed by atoms with Gasteiger partial charge in [-0.15, -0.1) is 0 Å². The van der Waals surface area contributed by atoms with Crippen LogP contribution in [-0.4, -0.2) is 22.8 Å². The monoisotopic (exact) mass is 344 g/mol. The molecule has 2 aromatic carbocycles. The molecule has 2 saturated heterocycles. The highest BCUT2D eigenvalue weighted by atomic mass is 16.1. The molecule has 2 aliphatic heterocycles. The van der Waals surface area contributed by atoms with Crippen molar-refractivity contribution in [1.29, 1.82) is 5.26 Å². The van der Waals surface area contributed by atoms with E-state index in [4.69, 9.17) is 5.26 Å². The van der Waals surface area contributed by atoms with E-state index in [9.17, 15) is 4.79 Å². The zero-order valence-corrected chi connectivity index (χ0v) is 15.2. The number of fused-ring (bicyclic) bond motifs is 2. The normalized spacial score (nSPS) is 25.0. The fourth-order valence-electron chi connectivity index (χ4n) is 4.77. The molecule has 0 aliphatic carbocycles. The summed E-state index contributed by atoms with van der Waals surface area (Å²) in [6.45, 7) is 2.93. The molecule has 3 nitrogen and oxygen atoms in total. The number of rotatable bonds is 4. The van der Waals surface area contributed by atoms with Crippen molar-refractivity contribution in [1.82, 2.24) is 4.90 Å². The zero-order chi connectivity index (χ0) is 18.1. The van der Waals surface area contributed by atoms with Crippen LogP contribution in [0.1, 0.15) is 52.7 Å². The lowest BCUT2D eigenvalue weighted by molar-refractivity contribution is 0.0677. The Kier molecular flexibility index (Phi) is 4.61. The van der Waals surface area contributed by atoms with Gasteiger partial charge in [0.25, 0.3) is 0 Å². The first-order chi connectivity index (χ1) is 12.7. The maximum absolute atomic E-state index is 13.1. The Hall–Kier alpha value is -2.44. The Bertz CT molecular complexity index is 838. The van der Waals surface area contributed by atoms with Crippen molar-refractivity contribution in [3.05, 3.63) is 70.8 Å². The third kappa shape index (κ3) is 3.18. The fraction of sp³-hybridized carbons (Fsp3) is 0.391. The molecule has 3 heteroatoms. The number of benzene rings is 2. The number of nitrogens with zero attached hydrogens (tertiary/aromatic N) is 2. The van der Waals surface area contributed by atoms with Crippen LogP contribution in [-0.2, 0) is 6.54 Å². The minimum Gasteiger partial charge on any atom is -0.294 e. The van der Waals surface area contributed by atoms with E-state index >= 15 is 0 Å². The van der Waals surface area contributed by atoms with Crippen LogP contribution in [0.3, 0.4) is 0 Å². The number of Topliss-reactive ketones (excluding diaryl/α,β-unsaturated/α-hetero) is 1. The van der Waals surface area contributed by atoms with Crippen molar-refractivity contribution in [3.8, 4) is 6.07 Å². The zero-order valence-electron chi connectivity index (χ0n) is 15.2. The van der Waals surface area contributed by atoms with Gasteiger partial charge in [-0.25, -0.2) is 0 Å². The lowest BCUT2D eigenvalue weighted by Crippen LogP contribution is -2.44. The van der Waals surface area contributed by atoms with Crippen LogP contribution in [0.15, 0.2) is 48.5 Å². The SMILES string of the molecule is Cc1cc(C#N)ccc1C(=O)C1CC2CCC(C1)N2Cc1ccccc1. The van der Waals surface area contributed by atoms with E-state index in [1.807, 2.05) is 19.1 Å². The van der Waals surface area contributed by atoms with Gasteiger partial charge in [-0.05, 0) is 61.9 Å². The van der Waals surface area contributed by atoms with Crippen molar-refractivity contribution in [2.75, 3.05) is 0 Å². The second kappa shape index (κ2) is 7.05. The molecule has 0 amide bonds. The highest BCUT2D eigenvalue weighted by Crippen LogP contribution is 2.41. The van der Waals surface area contributed by atoms with Crippen molar-refractivity contribution in [3.63, 3.8) is 0 Å². The molecule has 2 atom stereocenters. The van der Waals surface area contributed by atoms with Crippen molar-refractivity contribution in [2.24, 2.45) is 5.92 Å². The molecule has 2 unspecified atom stereocenters. The molecular formula is C23H24N2O. The largest absolute Gasteiger partial charge is 0.294 e. The van der Waals surface area contributed by atoms with Gasteiger partial charge in [0, 0.05) is 30.1 Å². The summed E-state index contributed by atoms with van der Waals surface area (Å²) >= 11 is 0. The molecule has 2 aliphatic rings. The minimum atomic E-state index is 0.117. The Morgan fingerprint density at radius 1 is 1.12 bits per heavy atom. The average molecular weight is 344 g/mol. The minimum absolute atomic E-state index is 0.117. The number of carbonyl (C=O) groups excluding carboxylic acids is 1. The second-order valence-electron chi connectivity index (χ2n) is 7.72. The second-order valence-corrected chi connectivity index (χ2v) is 7.72. The van der Waals surface area contributed by atoms with Gasteiger partial charge in [0.15, 0.2) is 5.78 Å². The van der Waals surface area contributed by atoms with Crippen molar-refractivity contribution in [2.45, 2.75) is 51.2 Å². The summed E-state index contributed by atoms with van der Waals surface area (Å²) in [5, 5.41) is 9.03. The molecule has 0 aromatic heterocycles. The highest BCUT2D eigenvalue weighted by molar-refractivity contribution is 5.99. The molecule has 2 bridgehead atoms. The van der Waals surface area contributed by atoms with Crippen LogP contribution >= 0.6 is 0 Å². The van der Waals surface area contributed by atoms with E-state index in [1.165, 1.54) is 18.4 Å². The summed E-state index contributed by atoms with van der Waals surface area (Å²) in [5.41, 5.74) is 3.70. The third-order valence-electron chi connectivity index (χ3n) is 6.08. The lowest BCUT2D eigenvalue weighted by atomic mass is 9.83. The third-order valence-corrected chi connectivity index (χ3v) is 6.08. The lowest BCUT2D eigenvalue weighted by Gasteiger charge is -2.38. The van der Waals surface area contributed by atoms with Gasteiger partial charge in [-0.3, -0.25) is 9.69 Å². The molecule has 4 rings (SSSR count). The topological polar surface area (TPSA) is 44.1 Å². The molecular weight excluding hydrogens is 320 g/mol. The quantitative estimate of drug-likeness (QED) is 0.768. The number of piperidine rings is 1. The van der Waals surface area contributed by atoms with E-state index in [0.29, 0.717) is 17.6 Å². The van der Waals surface area contributed by atoms with Crippen LogP contribution in [0.5, 0.6) is 0 Å². The van der Waals surface area contributed by atoms with Crippen molar-refractivity contribution < 1.29 is 4.79 Å². The molecule has 0 saturated carbocycles. The highest BCUT2D eigenvalue weighted by Gasteiger charge is 2.42. The number of hydrogen-bond donors (Lipinski definition) is 0. The molecule has 0 spiro atoms. The van der Waals surface area contributed by atoms with E-state index in [1.54, 1.807) is 6.07 Å². The van der Waals surface area contributed by atoms with Crippen LogP contribution in [0.25, 0.3) is 0 Å². The van der Waals surface area contributed by atoms with Crippen LogP contribution < -0.4 is 0 Å². The number of ketones is 1. The van der Waals surface area contributed by atoms with Crippen LogP contribution in [0, 0.1) is 24.2 Å². The maximum Gasteiger partial charge on any atom is 0.166 e. The Labute approximate surface area is 155 Å². The van der Waals surface area contributed by atoms with Crippen LogP contribution in [0.4, 0.5) is 0 Å². The number of nitriles is 1. The molecule has 2 aromatic rings.